The van der Waals surface area contributed by atoms with Gasteiger partial charge in [0.1, 0.15) is 0 Å². The van der Waals surface area contributed by atoms with Crippen molar-refractivity contribution in [3.8, 4) is 0 Å². The van der Waals surface area contributed by atoms with Gasteiger partial charge in [0.15, 0.2) is 0 Å². The average Bonchev–Trinajstić information content (AvgIpc) is 2.21. The van der Waals surface area contributed by atoms with Crippen LogP contribution >= 0.6 is 0 Å². The van der Waals surface area contributed by atoms with Crippen molar-refractivity contribution < 1.29 is 0 Å². The normalized spacial score (nSPS) is 11.8. The molecule has 0 heterocycles. The molecule has 1 nitrogen and oxygen atoms in total. The van der Waals surface area contributed by atoms with E-state index in [1.54, 1.807) is 0 Å². The number of rotatable bonds is 9. The third-order valence-corrected chi connectivity index (χ3v) is 2.42. The molecule has 78 valence electrons. The zero-order valence-corrected chi connectivity index (χ0v) is 10.3. The van der Waals surface area contributed by atoms with Gasteiger partial charge in [-0.1, -0.05) is 0 Å². The standard InChI is InChI=1S/C12H24N.Li/c1-4-7-10-13(11-8-5-2)12-9-6-3;/h4,7H,1,5-6,8-12H2,2-3H3;. The molecule has 0 aromatic rings. The van der Waals surface area contributed by atoms with E-state index in [1.165, 1.54) is 38.8 Å². The fourth-order valence-electron chi connectivity index (χ4n) is 1.45. The summed E-state index contributed by atoms with van der Waals surface area (Å²) < 4.78 is 0. The third kappa shape index (κ3) is 8.88. The van der Waals surface area contributed by atoms with E-state index in [0.717, 1.165) is 11.6 Å². The number of unbranched alkanes of at least 4 members (excludes halogenated alkanes) is 2. The van der Waals surface area contributed by atoms with Crippen molar-refractivity contribution in [2.45, 2.75) is 44.6 Å². The van der Waals surface area contributed by atoms with Crippen LogP contribution in [0.3, 0.4) is 0 Å². The molecule has 0 aliphatic rings. The molecule has 0 saturated carbocycles. The summed E-state index contributed by atoms with van der Waals surface area (Å²) in [5, 5.41) is 1.16. The quantitative estimate of drug-likeness (QED) is 0.398. The molecule has 0 saturated heterocycles. The molecule has 0 spiro atoms. The predicted molar refractivity (Wildman–Crippen MR) is 66.0 cm³/mol. The number of hydrogen-bond acceptors (Lipinski definition) is 1. The summed E-state index contributed by atoms with van der Waals surface area (Å²) in [6.07, 6.45) is 9.86. The van der Waals surface area contributed by atoms with Crippen LogP contribution in [-0.2, 0) is 0 Å². The van der Waals surface area contributed by atoms with Gasteiger partial charge < -0.3 is 0 Å². The molecule has 0 amide bonds. The first kappa shape index (κ1) is 14.3. The fourth-order valence-corrected chi connectivity index (χ4v) is 1.45. The number of hydrogen-bond donors (Lipinski definition) is 0. The van der Waals surface area contributed by atoms with Crippen molar-refractivity contribution in [1.29, 1.82) is 0 Å². The molecule has 2 heteroatoms. The predicted octanol–water partition coefficient (Wildman–Crippen LogP) is 3.03. The molecular formula is C12H24LiN. The molecule has 0 rings (SSSR count). The van der Waals surface area contributed by atoms with Gasteiger partial charge in [-0.2, -0.15) is 0 Å². The molecule has 0 fully saturated rings. The monoisotopic (exact) mass is 189 g/mol. The Bertz CT molecular complexity index is 126. The second kappa shape index (κ2) is 11.4. The van der Waals surface area contributed by atoms with Gasteiger partial charge in [0.25, 0.3) is 0 Å². The molecule has 0 unspecified atom stereocenters. The molecule has 14 heavy (non-hydrogen) atoms. The minimum absolute atomic E-state index is 1.15. The topological polar surface area (TPSA) is 3.24 Å². The van der Waals surface area contributed by atoms with Crippen LogP contribution in [0.15, 0.2) is 12.2 Å². The van der Waals surface area contributed by atoms with Crippen molar-refractivity contribution in [3.63, 3.8) is 0 Å². The Hall–Kier alpha value is 0.297. The van der Waals surface area contributed by atoms with E-state index in [-0.39, 0.29) is 0 Å². The Balaban J connectivity index is 3.65. The van der Waals surface area contributed by atoms with E-state index >= 15 is 0 Å². The Morgan fingerprint density at radius 2 is 1.57 bits per heavy atom. The summed E-state index contributed by atoms with van der Waals surface area (Å²) in [6.45, 7) is 8.21. The van der Waals surface area contributed by atoms with Crippen molar-refractivity contribution in [3.05, 3.63) is 12.2 Å². The summed E-state index contributed by atoms with van der Waals surface area (Å²) >= 11 is 2.19. The summed E-state index contributed by atoms with van der Waals surface area (Å²) in [5.74, 6) is 0. The van der Waals surface area contributed by atoms with Gasteiger partial charge in [-0.25, -0.2) is 0 Å². The Labute approximate surface area is 99.1 Å². The maximum absolute atomic E-state index is 2.57. The van der Waals surface area contributed by atoms with Gasteiger partial charge >= 0.3 is 99.0 Å². The summed E-state index contributed by atoms with van der Waals surface area (Å²) in [5.41, 5.74) is 0. The zero-order valence-electron chi connectivity index (χ0n) is 10.3. The molecule has 0 aliphatic heterocycles. The van der Waals surface area contributed by atoms with Gasteiger partial charge in [0.2, 0.25) is 0 Å². The van der Waals surface area contributed by atoms with E-state index in [9.17, 15) is 0 Å². The van der Waals surface area contributed by atoms with E-state index in [1.807, 2.05) is 0 Å². The Morgan fingerprint density at radius 3 is 2.00 bits per heavy atom. The van der Waals surface area contributed by atoms with E-state index in [4.69, 9.17) is 0 Å². The zero-order chi connectivity index (χ0) is 10.6. The maximum atomic E-state index is 2.57. The summed E-state index contributed by atoms with van der Waals surface area (Å²) in [7, 11) is 0. The minimum atomic E-state index is 1.15. The van der Waals surface area contributed by atoms with Crippen LogP contribution in [0, 0.1) is 0 Å². The van der Waals surface area contributed by atoms with Crippen LogP contribution in [0.4, 0.5) is 0 Å². The molecule has 0 aromatic carbocycles. The van der Waals surface area contributed by atoms with Gasteiger partial charge in [-0.3, -0.25) is 0 Å². The molecule has 0 radical (unpaired) electrons. The second-order valence-corrected chi connectivity index (χ2v) is 3.89. The Kier molecular flexibility index (Phi) is 11.6. The van der Waals surface area contributed by atoms with Crippen molar-refractivity contribution >= 4 is 17.7 Å². The Morgan fingerprint density at radius 1 is 1.00 bits per heavy atom. The molecule has 0 aromatic heterocycles. The van der Waals surface area contributed by atoms with Crippen LogP contribution < -0.4 is 0 Å². The van der Waals surface area contributed by atoms with Crippen molar-refractivity contribution in [2.75, 3.05) is 19.6 Å². The second-order valence-electron chi connectivity index (χ2n) is 3.89. The van der Waals surface area contributed by atoms with E-state index < -0.39 is 0 Å². The first-order valence-corrected chi connectivity index (χ1v) is 6.22. The molecule has 0 aliphatic carbocycles. The van der Waals surface area contributed by atoms with Gasteiger partial charge in [0, 0.05) is 0 Å². The van der Waals surface area contributed by atoms with Crippen molar-refractivity contribution in [1.82, 2.24) is 4.90 Å². The van der Waals surface area contributed by atoms with Crippen LogP contribution in [0.5, 0.6) is 0 Å². The SMILES string of the molecule is [Li][CH2]C=CCN(CCCC)CCCC. The van der Waals surface area contributed by atoms with E-state index in [0.29, 0.717) is 0 Å². The van der Waals surface area contributed by atoms with Gasteiger partial charge in [0.05, 0.1) is 0 Å². The van der Waals surface area contributed by atoms with Crippen LogP contribution in [0.1, 0.15) is 39.5 Å². The summed E-state index contributed by atoms with van der Waals surface area (Å²) in [4.78, 5) is 2.57. The number of nitrogens with zero attached hydrogens (tertiary/aromatic N) is 1. The third-order valence-electron chi connectivity index (χ3n) is 2.42. The molecule has 0 N–H and O–H groups in total. The van der Waals surface area contributed by atoms with Gasteiger partial charge in [-0.15, -0.1) is 0 Å². The number of allylic oxidation sites excluding steroid dienone is 1. The first-order valence-electron chi connectivity index (χ1n) is 6.22. The molecule has 0 atom stereocenters. The summed E-state index contributed by atoms with van der Waals surface area (Å²) in [6, 6.07) is 0. The van der Waals surface area contributed by atoms with Crippen molar-refractivity contribution in [2.24, 2.45) is 0 Å². The van der Waals surface area contributed by atoms with Crippen LogP contribution in [-0.4, -0.2) is 42.2 Å². The molecule has 0 bridgehead atoms. The van der Waals surface area contributed by atoms with E-state index in [2.05, 4.69) is 48.6 Å². The van der Waals surface area contributed by atoms with Gasteiger partial charge in [-0.05, 0) is 0 Å². The first-order chi connectivity index (χ1) is 6.85. The fraction of sp³-hybridized carbons (Fsp3) is 0.833. The molecular weight excluding hydrogens is 165 g/mol. The van der Waals surface area contributed by atoms with Crippen LogP contribution in [0.25, 0.3) is 0 Å². The average molecular weight is 189 g/mol. The van der Waals surface area contributed by atoms with Crippen LogP contribution in [0.2, 0.25) is 5.09 Å².